The van der Waals surface area contributed by atoms with Gasteiger partial charge in [-0.15, -0.1) is 6.58 Å². The minimum Gasteiger partial charge on any atom is -0.294 e. The summed E-state index contributed by atoms with van der Waals surface area (Å²) in [5, 5.41) is 0. The highest BCUT2D eigenvalue weighted by Gasteiger charge is 1.75. The van der Waals surface area contributed by atoms with E-state index in [0.29, 0.717) is 0 Å². The van der Waals surface area contributed by atoms with Crippen molar-refractivity contribution in [3.05, 3.63) is 12.7 Å². The molecular formula is C7H13N. The summed E-state index contributed by atoms with van der Waals surface area (Å²) in [6, 6.07) is 0. The molecule has 0 saturated carbocycles. The average molecular weight is 111 g/mol. The summed E-state index contributed by atoms with van der Waals surface area (Å²) < 4.78 is 0. The Labute approximate surface area is 51.1 Å². The molecule has 0 heterocycles. The molecule has 1 heteroatoms. The van der Waals surface area contributed by atoms with Crippen LogP contribution in [-0.4, -0.2) is 12.3 Å². The zero-order valence-electron chi connectivity index (χ0n) is 5.65. The minimum absolute atomic E-state index is 0.895. The van der Waals surface area contributed by atoms with Crippen LogP contribution in [0.4, 0.5) is 0 Å². The maximum atomic E-state index is 4.16. The molecule has 8 heavy (non-hydrogen) atoms. The summed E-state index contributed by atoms with van der Waals surface area (Å²) in [6.07, 6.45) is 2.87. The maximum Gasteiger partial charge on any atom is 0.0422 e. The molecule has 0 aliphatic heterocycles. The Hall–Kier alpha value is -0.590. The first-order chi connectivity index (χ1) is 3.77. The second kappa shape index (κ2) is 4.57. The smallest absolute Gasteiger partial charge is 0.0422 e. The lowest BCUT2D eigenvalue weighted by molar-refractivity contribution is 1.01. The molecule has 0 saturated heterocycles. The van der Waals surface area contributed by atoms with Crippen LogP contribution in [0.5, 0.6) is 0 Å². The molecule has 46 valence electrons. The molecule has 0 aromatic rings. The molecule has 0 rings (SSSR count). The van der Waals surface area contributed by atoms with Gasteiger partial charge in [0.2, 0.25) is 0 Å². The molecule has 0 aromatic heterocycles. The molecule has 0 aromatic carbocycles. The summed E-state index contributed by atoms with van der Waals surface area (Å²) in [5.41, 5.74) is 1.15. The van der Waals surface area contributed by atoms with Crippen LogP contribution in [0.2, 0.25) is 0 Å². The van der Waals surface area contributed by atoms with Gasteiger partial charge in [0.1, 0.15) is 0 Å². The van der Waals surface area contributed by atoms with E-state index < -0.39 is 0 Å². The predicted molar refractivity (Wildman–Crippen MR) is 38.5 cm³/mol. The lowest BCUT2D eigenvalue weighted by Gasteiger charge is -1.87. The van der Waals surface area contributed by atoms with Gasteiger partial charge in [0.15, 0.2) is 0 Å². The Kier molecular flexibility index (Phi) is 4.23. The normalized spacial score (nSPS) is 8.25. The molecule has 1 nitrogen and oxygen atoms in total. The van der Waals surface area contributed by atoms with Crippen LogP contribution in [0.1, 0.15) is 20.3 Å². The van der Waals surface area contributed by atoms with Gasteiger partial charge in [-0.05, 0) is 20.3 Å². The van der Waals surface area contributed by atoms with Gasteiger partial charge in [-0.2, -0.15) is 0 Å². The Morgan fingerprint density at radius 2 is 2.25 bits per heavy atom. The first-order valence-electron chi connectivity index (χ1n) is 2.86. The highest BCUT2D eigenvalue weighted by atomic mass is 14.7. The van der Waals surface area contributed by atoms with E-state index in [1.807, 2.05) is 19.9 Å². The third kappa shape index (κ3) is 5.41. The standard InChI is InChI=1S/C7H13N/c1-4-5-6-8-7(2)3/h4H,1,5-6H2,2-3H3. The third-order valence-corrected chi connectivity index (χ3v) is 0.761. The number of rotatable bonds is 3. The summed E-state index contributed by atoms with van der Waals surface area (Å²) in [6.45, 7) is 8.49. The monoisotopic (exact) mass is 111 g/mol. The molecule has 0 bridgehead atoms. The average Bonchev–Trinajstić information content (AvgIpc) is 1.66. The molecule has 0 aliphatic carbocycles. The Morgan fingerprint density at radius 1 is 1.62 bits per heavy atom. The van der Waals surface area contributed by atoms with Crippen molar-refractivity contribution in [1.29, 1.82) is 0 Å². The summed E-state index contributed by atoms with van der Waals surface area (Å²) >= 11 is 0. The highest BCUT2D eigenvalue weighted by molar-refractivity contribution is 5.78. The quantitative estimate of drug-likeness (QED) is 0.300. The molecule has 0 unspecified atom stereocenters. The fraction of sp³-hybridized carbons (Fsp3) is 0.571. The summed E-state index contributed by atoms with van der Waals surface area (Å²) in [7, 11) is 0. The fourth-order valence-corrected chi connectivity index (χ4v) is 0.379. The van der Waals surface area contributed by atoms with Crippen molar-refractivity contribution >= 4 is 5.71 Å². The number of hydrogen-bond acceptors (Lipinski definition) is 1. The molecule has 0 radical (unpaired) electrons. The van der Waals surface area contributed by atoms with Crippen LogP contribution in [0.3, 0.4) is 0 Å². The largest absolute Gasteiger partial charge is 0.294 e. The minimum atomic E-state index is 0.895. The van der Waals surface area contributed by atoms with Crippen molar-refractivity contribution < 1.29 is 0 Å². The molecule has 0 N–H and O–H groups in total. The molecule has 0 spiro atoms. The topological polar surface area (TPSA) is 12.4 Å². The van der Waals surface area contributed by atoms with Gasteiger partial charge < -0.3 is 0 Å². The van der Waals surface area contributed by atoms with E-state index in [2.05, 4.69) is 11.6 Å². The summed E-state index contributed by atoms with van der Waals surface area (Å²) in [4.78, 5) is 4.16. The van der Waals surface area contributed by atoms with E-state index in [1.165, 1.54) is 0 Å². The van der Waals surface area contributed by atoms with Crippen LogP contribution in [0.15, 0.2) is 17.6 Å². The first-order valence-corrected chi connectivity index (χ1v) is 2.86. The first kappa shape index (κ1) is 7.41. The van der Waals surface area contributed by atoms with Crippen LogP contribution >= 0.6 is 0 Å². The Bertz CT molecular complexity index is 88.6. The van der Waals surface area contributed by atoms with E-state index in [-0.39, 0.29) is 0 Å². The van der Waals surface area contributed by atoms with Crippen LogP contribution in [0.25, 0.3) is 0 Å². The van der Waals surface area contributed by atoms with Gasteiger partial charge in [-0.3, -0.25) is 4.99 Å². The van der Waals surface area contributed by atoms with Gasteiger partial charge in [0.25, 0.3) is 0 Å². The van der Waals surface area contributed by atoms with Crippen molar-refractivity contribution in [1.82, 2.24) is 0 Å². The van der Waals surface area contributed by atoms with Crippen molar-refractivity contribution in [2.24, 2.45) is 4.99 Å². The van der Waals surface area contributed by atoms with Crippen LogP contribution in [-0.2, 0) is 0 Å². The van der Waals surface area contributed by atoms with Gasteiger partial charge in [-0.1, -0.05) is 6.08 Å². The van der Waals surface area contributed by atoms with E-state index in [4.69, 9.17) is 0 Å². The SMILES string of the molecule is C=CCCN=C(C)C. The molecule has 0 atom stereocenters. The van der Waals surface area contributed by atoms with Crippen molar-refractivity contribution in [2.75, 3.05) is 6.54 Å². The zero-order chi connectivity index (χ0) is 6.41. The molecule has 0 fully saturated rings. The molecular weight excluding hydrogens is 98.1 g/mol. The second-order valence-corrected chi connectivity index (χ2v) is 1.91. The number of nitrogens with zero attached hydrogens (tertiary/aromatic N) is 1. The van der Waals surface area contributed by atoms with Gasteiger partial charge >= 0.3 is 0 Å². The zero-order valence-corrected chi connectivity index (χ0v) is 5.65. The fourth-order valence-electron chi connectivity index (χ4n) is 0.379. The number of hydrogen-bond donors (Lipinski definition) is 0. The maximum absolute atomic E-state index is 4.16. The Balaban J connectivity index is 3.15. The molecule has 0 amide bonds. The van der Waals surface area contributed by atoms with Crippen molar-refractivity contribution in [3.8, 4) is 0 Å². The van der Waals surface area contributed by atoms with Gasteiger partial charge in [0.05, 0.1) is 0 Å². The van der Waals surface area contributed by atoms with Crippen LogP contribution in [0, 0.1) is 0 Å². The van der Waals surface area contributed by atoms with Crippen LogP contribution < -0.4 is 0 Å². The lowest BCUT2D eigenvalue weighted by Crippen LogP contribution is -1.83. The van der Waals surface area contributed by atoms with E-state index in [0.717, 1.165) is 18.7 Å². The third-order valence-electron chi connectivity index (χ3n) is 0.761. The van der Waals surface area contributed by atoms with Gasteiger partial charge in [0, 0.05) is 12.3 Å². The Morgan fingerprint density at radius 3 is 2.62 bits per heavy atom. The summed E-state index contributed by atoms with van der Waals surface area (Å²) in [5.74, 6) is 0. The van der Waals surface area contributed by atoms with Gasteiger partial charge in [-0.25, -0.2) is 0 Å². The predicted octanol–water partition coefficient (Wildman–Crippen LogP) is 2.04. The highest BCUT2D eigenvalue weighted by Crippen LogP contribution is 1.82. The van der Waals surface area contributed by atoms with E-state index >= 15 is 0 Å². The van der Waals surface area contributed by atoms with Crippen molar-refractivity contribution in [3.63, 3.8) is 0 Å². The second-order valence-electron chi connectivity index (χ2n) is 1.91. The molecule has 0 aliphatic rings. The van der Waals surface area contributed by atoms with E-state index in [1.54, 1.807) is 0 Å². The van der Waals surface area contributed by atoms with E-state index in [9.17, 15) is 0 Å². The number of aliphatic imine (C=N–C) groups is 1. The van der Waals surface area contributed by atoms with Crippen molar-refractivity contribution in [2.45, 2.75) is 20.3 Å². The lowest BCUT2D eigenvalue weighted by atomic mass is 10.4.